The van der Waals surface area contributed by atoms with E-state index in [1.807, 2.05) is 25.4 Å². The number of anilines is 1. The summed E-state index contributed by atoms with van der Waals surface area (Å²) in [6.07, 6.45) is 4.43. The SMILES string of the molecule is CCc1cc(NCc2ccn(C)n2)ncn1. The highest BCUT2D eigenvalue weighted by Crippen LogP contribution is 2.06. The van der Waals surface area contributed by atoms with E-state index in [9.17, 15) is 0 Å². The third-order valence-electron chi connectivity index (χ3n) is 2.31. The van der Waals surface area contributed by atoms with E-state index in [2.05, 4.69) is 27.3 Å². The van der Waals surface area contributed by atoms with Crippen LogP contribution in [0.2, 0.25) is 0 Å². The highest BCUT2D eigenvalue weighted by Gasteiger charge is 1.99. The van der Waals surface area contributed by atoms with Crippen LogP contribution >= 0.6 is 0 Å². The summed E-state index contributed by atoms with van der Waals surface area (Å²) in [5, 5.41) is 7.50. The van der Waals surface area contributed by atoms with Gasteiger partial charge in [-0.1, -0.05) is 6.92 Å². The molecule has 0 aliphatic heterocycles. The van der Waals surface area contributed by atoms with E-state index in [0.717, 1.165) is 23.6 Å². The van der Waals surface area contributed by atoms with Crippen molar-refractivity contribution in [3.05, 3.63) is 36.0 Å². The van der Waals surface area contributed by atoms with Crippen molar-refractivity contribution >= 4 is 5.82 Å². The Labute approximate surface area is 94.5 Å². The van der Waals surface area contributed by atoms with E-state index >= 15 is 0 Å². The number of aromatic nitrogens is 4. The van der Waals surface area contributed by atoms with Crippen LogP contribution in [0.15, 0.2) is 24.7 Å². The molecule has 0 saturated heterocycles. The monoisotopic (exact) mass is 217 g/mol. The van der Waals surface area contributed by atoms with Crippen molar-refractivity contribution < 1.29 is 0 Å². The molecule has 2 heterocycles. The van der Waals surface area contributed by atoms with Crippen LogP contribution in [0.25, 0.3) is 0 Å². The first-order valence-electron chi connectivity index (χ1n) is 5.31. The minimum absolute atomic E-state index is 0.682. The molecule has 0 unspecified atom stereocenters. The van der Waals surface area contributed by atoms with Gasteiger partial charge in [0, 0.05) is 25.0 Å². The zero-order valence-corrected chi connectivity index (χ0v) is 9.51. The summed E-state index contributed by atoms with van der Waals surface area (Å²) in [6, 6.07) is 3.94. The molecule has 2 aromatic rings. The van der Waals surface area contributed by atoms with Gasteiger partial charge in [0.15, 0.2) is 0 Å². The molecule has 16 heavy (non-hydrogen) atoms. The number of nitrogens with zero attached hydrogens (tertiary/aromatic N) is 4. The minimum Gasteiger partial charge on any atom is -0.364 e. The largest absolute Gasteiger partial charge is 0.364 e. The fourth-order valence-corrected chi connectivity index (χ4v) is 1.43. The Kier molecular flexibility index (Phi) is 3.14. The van der Waals surface area contributed by atoms with Gasteiger partial charge in [0.25, 0.3) is 0 Å². The first kappa shape index (κ1) is 10.6. The van der Waals surface area contributed by atoms with Gasteiger partial charge in [-0.15, -0.1) is 0 Å². The van der Waals surface area contributed by atoms with E-state index in [4.69, 9.17) is 0 Å². The van der Waals surface area contributed by atoms with Crippen molar-refractivity contribution in [3.63, 3.8) is 0 Å². The van der Waals surface area contributed by atoms with Crippen LogP contribution in [0.5, 0.6) is 0 Å². The summed E-state index contributed by atoms with van der Waals surface area (Å²) in [7, 11) is 1.91. The van der Waals surface area contributed by atoms with Crippen molar-refractivity contribution in [2.75, 3.05) is 5.32 Å². The molecule has 1 N–H and O–H groups in total. The number of rotatable bonds is 4. The Morgan fingerprint density at radius 1 is 1.31 bits per heavy atom. The second-order valence-corrected chi connectivity index (χ2v) is 3.58. The molecule has 2 aromatic heterocycles. The lowest BCUT2D eigenvalue weighted by atomic mass is 10.3. The molecule has 0 saturated carbocycles. The van der Waals surface area contributed by atoms with Crippen LogP contribution < -0.4 is 5.32 Å². The van der Waals surface area contributed by atoms with Crippen LogP contribution in [-0.2, 0) is 20.0 Å². The second kappa shape index (κ2) is 4.74. The molecule has 0 aliphatic carbocycles. The van der Waals surface area contributed by atoms with Gasteiger partial charge < -0.3 is 5.32 Å². The number of hydrogen-bond acceptors (Lipinski definition) is 4. The van der Waals surface area contributed by atoms with Crippen LogP contribution in [0, 0.1) is 0 Å². The summed E-state index contributed by atoms with van der Waals surface area (Å²) in [5.74, 6) is 0.845. The Bertz CT molecular complexity index is 463. The summed E-state index contributed by atoms with van der Waals surface area (Å²) < 4.78 is 1.79. The normalized spacial score (nSPS) is 10.4. The van der Waals surface area contributed by atoms with Gasteiger partial charge in [-0.05, 0) is 12.5 Å². The minimum atomic E-state index is 0.682. The van der Waals surface area contributed by atoms with Crippen LogP contribution in [0.4, 0.5) is 5.82 Å². The van der Waals surface area contributed by atoms with Gasteiger partial charge in [0.05, 0.1) is 12.2 Å². The Morgan fingerprint density at radius 2 is 2.19 bits per heavy atom. The molecule has 84 valence electrons. The van der Waals surface area contributed by atoms with Crippen LogP contribution in [-0.4, -0.2) is 19.7 Å². The van der Waals surface area contributed by atoms with Gasteiger partial charge in [-0.3, -0.25) is 4.68 Å². The molecule has 2 rings (SSSR count). The molecule has 0 fully saturated rings. The van der Waals surface area contributed by atoms with Gasteiger partial charge in [-0.2, -0.15) is 5.10 Å². The maximum atomic E-state index is 4.28. The molecule has 0 radical (unpaired) electrons. The fraction of sp³-hybridized carbons (Fsp3) is 0.364. The summed E-state index contributed by atoms with van der Waals surface area (Å²) in [5.41, 5.74) is 2.04. The van der Waals surface area contributed by atoms with Crippen molar-refractivity contribution in [1.82, 2.24) is 19.7 Å². The molecule has 5 nitrogen and oxygen atoms in total. The van der Waals surface area contributed by atoms with Gasteiger partial charge in [0.1, 0.15) is 12.1 Å². The van der Waals surface area contributed by atoms with E-state index in [-0.39, 0.29) is 0 Å². The predicted octanol–water partition coefficient (Wildman–Crippen LogP) is 1.38. The maximum Gasteiger partial charge on any atom is 0.129 e. The van der Waals surface area contributed by atoms with Crippen molar-refractivity contribution in [1.29, 1.82) is 0 Å². The standard InChI is InChI=1S/C11H15N5/c1-3-9-6-11(14-8-13-9)12-7-10-4-5-16(2)15-10/h4-6,8H,3,7H2,1-2H3,(H,12,13,14). The molecule has 0 aliphatic rings. The van der Waals surface area contributed by atoms with E-state index < -0.39 is 0 Å². The second-order valence-electron chi connectivity index (χ2n) is 3.58. The lowest BCUT2D eigenvalue weighted by molar-refractivity contribution is 0.747. The number of hydrogen-bond donors (Lipinski definition) is 1. The first-order valence-corrected chi connectivity index (χ1v) is 5.31. The maximum absolute atomic E-state index is 4.28. The van der Waals surface area contributed by atoms with Gasteiger partial charge in [0.2, 0.25) is 0 Å². The lowest BCUT2D eigenvalue weighted by Gasteiger charge is -2.04. The molecule has 0 bridgehead atoms. The van der Waals surface area contributed by atoms with Gasteiger partial charge >= 0.3 is 0 Å². The quantitative estimate of drug-likeness (QED) is 0.840. The van der Waals surface area contributed by atoms with E-state index in [0.29, 0.717) is 6.54 Å². The topological polar surface area (TPSA) is 55.6 Å². The predicted molar refractivity (Wildman–Crippen MR) is 61.9 cm³/mol. The molecule has 0 atom stereocenters. The Hall–Kier alpha value is -1.91. The lowest BCUT2D eigenvalue weighted by Crippen LogP contribution is -2.03. The van der Waals surface area contributed by atoms with Crippen molar-refractivity contribution in [2.24, 2.45) is 7.05 Å². The highest BCUT2D eigenvalue weighted by atomic mass is 15.3. The highest BCUT2D eigenvalue weighted by molar-refractivity contribution is 5.35. The molecular formula is C11H15N5. The number of nitrogens with one attached hydrogen (secondary N) is 1. The van der Waals surface area contributed by atoms with Crippen molar-refractivity contribution in [2.45, 2.75) is 19.9 Å². The first-order chi connectivity index (χ1) is 7.78. The fourth-order valence-electron chi connectivity index (χ4n) is 1.43. The van der Waals surface area contributed by atoms with Crippen molar-refractivity contribution in [3.8, 4) is 0 Å². The van der Waals surface area contributed by atoms with Crippen LogP contribution in [0.1, 0.15) is 18.3 Å². The Balaban J connectivity index is 1.99. The average molecular weight is 217 g/mol. The number of aryl methyl sites for hydroxylation is 2. The molecule has 0 amide bonds. The van der Waals surface area contributed by atoms with Gasteiger partial charge in [-0.25, -0.2) is 9.97 Å². The molecular weight excluding hydrogens is 202 g/mol. The van der Waals surface area contributed by atoms with E-state index in [1.165, 1.54) is 0 Å². The third-order valence-corrected chi connectivity index (χ3v) is 2.31. The third kappa shape index (κ3) is 2.56. The zero-order valence-electron chi connectivity index (χ0n) is 9.51. The summed E-state index contributed by atoms with van der Waals surface area (Å²) >= 11 is 0. The smallest absolute Gasteiger partial charge is 0.129 e. The molecule has 0 aromatic carbocycles. The molecule has 5 heteroatoms. The average Bonchev–Trinajstić information content (AvgIpc) is 2.73. The van der Waals surface area contributed by atoms with E-state index in [1.54, 1.807) is 11.0 Å². The zero-order chi connectivity index (χ0) is 11.4. The summed E-state index contributed by atoms with van der Waals surface area (Å²) in [4.78, 5) is 8.30. The van der Waals surface area contributed by atoms with Crippen LogP contribution in [0.3, 0.4) is 0 Å². The Morgan fingerprint density at radius 3 is 2.88 bits per heavy atom. The molecule has 0 spiro atoms. The summed E-state index contributed by atoms with van der Waals surface area (Å²) in [6.45, 7) is 2.76.